The molecule has 0 N–H and O–H groups in total. The van der Waals surface area contributed by atoms with Gasteiger partial charge in [0.2, 0.25) is 0 Å². The molecule has 2 aromatic heterocycles. The molecule has 0 fully saturated rings. The van der Waals surface area contributed by atoms with Crippen LogP contribution in [0.15, 0.2) is 158 Å². The summed E-state index contributed by atoms with van der Waals surface area (Å²) in [6.45, 7) is 10.5. The topological polar surface area (TPSA) is 70.0 Å². The molecule has 1 aliphatic carbocycles. The van der Waals surface area contributed by atoms with E-state index in [1.807, 2.05) is 6.20 Å². The van der Waals surface area contributed by atoms with Crippen LogP contribution < -0.4 is 9.47 Å². The fraction of sp³-hybridized carbons (Fsp3) is 0.362. The summed E-state index contributed by atoms with van der Waals surface area (Å²) in [5.41, 5.74) is 14.1. The molecule has 0 unspecified atom stereocenters. The number of aryl methyl sites for hydroxylation is 2. The van der Waals surface area contributed by atoms with Crippen molar-refractivity contribution in [2.24, 2.45) is 0 Å². The molecule has 9 rings (SSSR count). The molecular formula is C69H78N4O2. The van der Waals surface area contributed by atoms with Crippen LogP contribution in [0.1, 0.15) is 164 Å². The third-order valence-corrected chi connectivity index (χ3v) is 15.2. The van der Waals surface area contributed by atoms with Crippen LogP contribution in [0.3, 0.4) is 0 Å². The van der Waals surface area contributed by atoms with E-state index in [-0.39, 0.29) is 0 Å². The lowest BCUT2D eigenvalue weighted by Gasteiger charge is -2.34. The van der Waals surface area contributed by atoms with Crippen molar-refractivity contribution in [2.75, 3.05) is 13.2 Å². The summed E-state index contributed by atoms with van der Waals surface area (Å²) in [7, 11) is 0. The molecule has 1 aliphatic rings. The Kier molecular flexibility index (Phi) is 18.7. The van der Waals surface area contributed by atoms with Crippen molar-refractivity contribution in [3.8, 4) is 68.0 Å². The molecule has 2 heterocycles. The van der Waals surface area contributed by atoms with E-state index in [1.54, 1.807) is 0 Å². The summed E-state index contributed by atoms with van der Waals surface area (Å²) in [4.78, 5) is 20.6. The van der Waals surface area contributed by atoms with E-state index in [1.165, 1.54) is 134 Å². The highest BCUT2D eigenvalue weighted by Gasteiger charge is 2.46. The van der Waals surface area contributed by atoms with Crippen molar-refractivity contribution >= 4 is 0 Å². The van der Waals surface area contributed by atoms with Crippen LogP contribution in [0.5, 0.6) is 11.5 Å². The van der Waals surface area contributed by atoms with Crippen molar-refractivity contribution in [3.63, 3.8) is 0 Å². The first-order valence-corrected chi connectivity index (χ1v) is 28.6. The van der Waals surface area contributed by atoms with Crippen molar-refractivity contribution in [2.45, 2.75) is 149 Å². The molecule has 0 saturated carbocycles. The van der Waals surface area contributed by atoms with Crippen LogP contribution >= 0.6 is 0 Å². The Labute approximate surface area is 448 Å². The van der Waals surface area contributed by atoms with Gasteiger partial charge in [0.15, 0.2) is 17.5 Å². The van der Waals surface area contributed by atoms with Gasteiger partial charge in [0.1, 0.15) is 11.5 Å². The Balaban J connectivity index is 1.07. The second kappa shape index (κ2) is 26.5. The predicted octanol–water partition coefficient (Wildman–Crippen LogP) is 18.5. The van der Waals surface area contributed by atoms with Crippen molar-refractivity contribution < 1.29 is 9.47 Å². The third kappa shape index (κ3) is 12.8. The summed E-state index contributed by atoms with van der Waals surface area (Å²) in [5, 5.41) is 0. The van der Waals surface area contributed by atoms with Crippen LogP contribution in [-0.4, -0.2) is 33.1 Å². The maximum Gasteiger partial charge on any atom is 0.165 e. The molecule has 75 heavy (non-hydrogen) atoms. The Morgan fingerprint density at radius 2 is 0.813 bits per heavy atom. The lowest BCUT2D eigenvalue weighted by atomic mass is 9.67. The Bertz CT molecular complexity index is 2890. The summed E-state index contributed by atoms with van der Waals surface area (Å²) in [6, 6.07) is 55.3. The number of pyridine rings is 1. The second-order valence-electron chi connectivity index (χ2n) is 20.7. The van der Waals surface area contributed by atoms with Gasteiger partial charge in [0, 0.05) is 28.5 Å². The molecule has 386 valence electrons. The van der Waals surface area contributed by atoms with Crippen molar-refractivity contribution in [3.05, 3.63) is 191 Å². The lowest BCUT2D eigenvalue weighted by molar-refractivity contribution is 0.305. The first-order valence-electron chi connectivity index (χ1n) is 28.6. The van der Waals surface area contributed by atoms with Crippen LogP contribution in [0.2, 0.25) is 0 Å². The van der Waals surface area contributed by atoms with Gasteiger partial charge in [-0.1, -0.05) is 214 Å². The van der Waals surface area contributed by atoms with E-state index < -0.39 is 5.41 Å². The van der Waals surface area contributed by atoms with Crippen LogP contribution in [0, 0.1) is 0 Å². The van der Waals surface area contributed by atoms with Crippen molar-refractivity contribution in [1.82, 2.24) is 19.9 Å². The molecule has 8 aromatic rings. The summed E-state index contributed by atoms with van der Waals surface area (Å²) in [5.74, 6) is 3.72. The SMILES string of the molecule is CCCCCCOc1ccc(C2(c3ccc(OCCCCCC)cc3)c3ccccc3-c3ccc(-c4ccc(-c5nc(-c6ccc(CCCCCC)cc6)nc(-c6ccc(CCCCCC)cc6)n5)cn4)cc32)cc1. The van der Waals surface area contributed by atoms with Gasteiger partial charge < -0.3 is 9.47 Å². The first kappa shape index (κ1) is 52.9. The zero-order valence-electron chi connectivity index (χ0n) is 45.3. The van der Waals surface area contributed by atoms with Gasteiger partial charge in [-0.15, -0.1) is 0 Å². The minimum absolute atomic E-state index is 0.603. The van der Waals surface area contributed by atoms with E-state index in [0.717, 1.165) is 78.3 Å². The number of rotatable bonds is 28. The molecular weight excluding hydrogens is 917 g/mol. The molecule has 0 amide bonds. The largest absolute Gasteiger partial charge is 0.494 e. The normalized spacial score (nSPS) is 12.4. The van der Waals surface area contributed by atoms with E-state index in [2.05, 4.69) is 179 Å². The number of hydrogen-bond donors (Lipinski definition) is 0. The average molecular weight is 995 g/mol. The molecule has 0 radical (unpaired) electrons. The van der Waals surface area contributed by atoms with Gasteiger partial charge >= 0.3 is 0 Å². The van der Waals surface area contributed by atoms with Gasteiger partial charge in [-0.3, -0.25) is 4.98 Å². The smallest absolute Gasteiger partial charge is 0.165 e. The van der Waals surface area contributed by atoms with Gasteiger partial charge in [-0.05, 0) is 125 Å². The minimum atomic E-state index is -0.612. The van der Waals surface area contributed by atoms with E-state index in [9.17, 15) is 0 Å². The van der Waals surface area contributed by atoms with E-state index >= 15 is 0 Å². The zero-order valence-corrected chi connectivity index (χ0v) is 45.3. The van der Waals surface area contributed by atoms with Gasteiger partial charge in [-0.2, -0.15) is 0 Å². The zero-order chi connectivity index (χ0) is 51.7. The highest BCUT2D eigenvalue weighted by molar-refractivity contribution is 5.88. The van der Waals surface area contributed by atoms with Gasteiger partial charge in [-0.25, -0.2) is 15.0 Å². The molecule has 0 saturated heterocycles. The molecule has 6 nitrogen and oxygen atoms in total. The molecule has 0 spiro atoms. The molecule has 0 aliphatic heterocycles. The van der Waals surface area contributed by atoms with E-state index in [4.69, 9.17) is 29.4 Å². The van der Waals surface area contributed by atoms with Gasteiger partial charge in [0.05, 0.1) is 24.3 Å². The fourth-order valence-electron chi connectivity index (χ4n) is 10.9. The highest BCUT2D eigenvalue weighted by atomic mass is 16.5. The number of nitrogens with zero attached hydrogens (tertiary/aromatic N) is 4. The number of fused-ring (bicyclic) bond motifs is 3. The summed E-state index contributed by atoms with van der Waals surface area (Å²) < 4.78 is 12.6. The lowest BCUT2D eigenvalue weighted by Crippen LogP contribution is -2.28. The molecule has 0 bridgehead atoms. The van der Waals surface area contributed by atoms with Crippen LogP contribution in [0.25, 0.3) is 56.5 Å². The second-order valence-corrected chi connectivity index (χ2v) is 20.7. The molecule has 6 aromatic carbocycles. The highest BCUT2D eigenvalue weighted by Crippen LogP contribution is 2.57. The number of aromatic nitrogens is 4. The minimum Gasteiger partial charge on any atom is -0.494 e. The molecule has 6 heteroatoms. The number of ether oxygens (including phenoxy) is 2. The standard InChI is InChI=1S/C69H78N4O2/c1-5-9-13-17-23-51-27-31-53(32-28-51)66-71-67(54-33-29-52(30-34-54)24-18-14-10-6-2)73-68(72-66)56-36-46-65(70-50-56)55-35-45-62-61-25-19-20-26-63(61)69(64(62)49-55,57-37-41-59(42-38-57)74-47-21-15-11-7-3)58-39-43-60(44-40-58)75-48-22-16-12-8-4/h19-20,25-46,49-50H,5-18,21-24,47-48H2,1-4H3. The average Bonchev–Trinajstić information content (AvgIpc) is 3.82. The van der Waals surface area contributed by atoms with Gasteiger partial charge in [0.25, 0.3) is 0 Å². The fourth-order valence-corrected chi connectivity index (χ4v) is 10.9. The Morgan fingerprint density at radius 3 is 1.29 bits per heavy atom. The number of unbranched alkanes of at least 4 members (excludes halogenated alkanes) is 12. The number of benzene rings is 6. The predicted molar refractivity (Wildman–Crippen MR) is 312 cm³/mol. The van der Waals surface area contributed by atoms with Crippen LogP contribution in [0.4, 0.5) is 0 Å². The summed E-state index contributed by atoms with van der Waals surface area (Å²) in [6.07, 6.45) is 23.4. The van der Waals surface area contributed by atoms with E-state index in [0.29, 0.717) is 17.5 Å². The van der Waals surface area contributed by atoms with Crippen molar-refractivity contribution in [1.29, 1.82) is 0 Å². The number of hydrogen-bond acceptors (Lipinski definition) is 6. The Hall–Kier alpha value is -6.92. The molecule has 0 atom stereocenters. The van der Waals surface area contributed by atoms with Crippen LogP contribution in [-0.2, 0) is 18.3 Å². The third-order valence-electron chi connectivity index (χ3n) is 15.2. The first-order chi connectivity index (χ1) is 37.0. The Morgan fingerprint density at radius 1 is 0.373 bits per heavy atom. The maximum absolute atomic E-state index is 6.31. The monoisotopic (exact) mass is 995 g/mol. The summed E-state index contributed by atoms with van der Waals surface area (Å²) >= 11 is 0. The quantitative estimate of drug-likeness (QED) is 0.0455. The maximum atomic E-state index is 6.31.